The molecule has 0 radical (unpaired) electrons. The summed E-state index contributed by atoms with van der Waals surface area (Å²) in [5.41, 5.74) is -0.849. The molecule has 1 N–H and O–H groups in total. The fourth-order valence-electron chi connectivity index (χ4n) is 1.71. The maximum Gasteiger partial charge on any atom is 0.328 e. The summed E-state index contributed by atoms with van der Waals surface area (Å²) < 4.78 is 40.2. The number of nitrogens with zero attached hydrogens (tertiary/aromatic N) is 1. The molecule has 0 unspecified atom stereocenters. The van der Waals surface area contributed by atoms with Crippen molar-refractivity contribution in [1.82, 2.24) is 0 Å². The van der Waals surface area contributed by atoms with Crippen LogP contribution in [0.4, 0.5) is 30.2 Å². The van der Waals surface area contributed by atoms with Gasteiger partial charge in [0.1, 0.15) is 17.3 Å². The van der Waals surface area contributed by atoms with Crippen molar-refractivity contribution in [2.24, 2.45) is 0 Å². The largest absolute Gasteiger partial charge is 0.347 e. The molecule has 0 spiro atoms. The first kappa shape index (κ1) is 17.5. The molecule has 0 atom stereocenters. The zero-order valence-corrected chi connectivity index (χ0v) is 12.3. The minimum absolute atomic E-state index is 0.108. The molecule has 2 aromatic carbocycles. The molecule has 22 heavy (non-hydrogen) atoms. The Morgan fingerprint density at radius 3 is 2.18 bits per heavy atom. The molecule has 0 aliphatic heterocycles. The van der Waals surface area contributed by atoms with Crippen LogP contribution < -0.4 is 5.32 Å². The molecule has 0 heterocycles. The first-order chi connectivity index (χ1) is 10.4. The molecule has 0 aliphatic rings. The molecule has 0 amide bonds. The molecule has 0 saturated carbocycles. The number of aryl methyl sites for hydroxylation is 1. The van der Waals surface area contributed by atoms with E-state index in [0.29, 0.717) is 11.6 Å². The van der Waals surface area contributed by atoms with Gasteiger partial charge in [-0.1, -0.05) is 19.9 Å². The maximum atomic E-state index is 13.7. The Labute approximate surface area is 125 Å². The zero-order valence-electron chi connectivity index (χ0n) is 12.3. The molecule has 0 fully saturated rings. The van der Waals surface area contributed by atoms with Gasteiger partial charge in [-0.25, -0.2) is 8.78 Å². The lowest BCUT2D eigenvalue weighted by Crippen LogP contribution is -2.02. The van der Waals surface area contributed by atoms with Gasteiger partial charge >= 0.3 is 5.69 Å². The number of benzene rings is 2. The molecule has 7 heteroatoms. The lowest BCUT2D eigenvalue weighted by molar-refractivity contribution is -0.386. The van der Waals surface area contributed by atoms with Crippen LogP contribution in [0.1, 0.15) is 19.4 Å². The second kappa shape index (κ2) is 7.44. The van der Waals surface area contributed by atoms with E-state index in [2.05, 4.69) is 5.32 Å². The molecule has 0 saturated heterocycles. The van der Waals surface area contributed by atoms with Crippen molar-refractivity contribution in [3.63, 3.8) is 0 Å². The minimum Gasteiger partial charge on any atom is -0.347 e. The van der Waals surface area contributed by atoms with Crippen LogP contribution in [0.5, 0.6) is 0 Å². The quantitative estimate of drug-likeness (QED) is 0.634. The van der Waals surface area contributed by atoms with Gasteiger partial charge in [0.25, 0.3) is 0 Å². The Kier molecular flexibility index (Phi) is 5.91. The van der Waals surface area contributed by atoms with Crippen LogP contribution >= 0.6 is 0 Å². The SMILES string of the molecule is CC.Cc1ccc(Nc2cc(F)cc(F)c2[N+](=O)[O-])c(F)c1. The summed E-state index contributed by atoms with van der Waals surface area (Å²) in [5.74, 6) is -3.00. The van der Waals surface area contributed by atoms with Crippen LogP contribution in [0.15, 0.2) is 30.3 Å². The Hall–Kier alpha value is -2.57. The highest BCUT2D eigenvalue weighted by molar-refractivity contribution is 5.70. The van der Waals surface area contributed by atoms with Crippen LogP contribution in [-0.4, -0.2) is 4.92 Å². The fourth-order valence-corrected chi connectivity index (χ4v) is 1.71. The van der Waals surface area contributed by atoms with Gasteiger partial charge in [0.2, 0.25) is 5.82 Å². The van der Waals surface area contributed by atoms with Crippen molar-refractivity contribution >= 4 is 17.1 Å². The molecule has 2 aromatic rings. The molecule has 0 aromatic heterocycles. The van der Waals surface area contributed by atoms with Gasteiger partial charge in [-0.05, 0) is 24.6 Å². The third-order valence-electron chi connectivity index (χ3n) is 2.60. The highest BCUT2D eigenvalue weighted by Gasteiger charge is 2.22. The Balaban J connectivity index is 0.00000116. The lowest BCUT2D eigenvalue weighted by atomic mass is 10.2. The van der Waals surface area contributed by atoms with Gasteiger partial charge in [-0.15, -0.1) is 0 Å². The lowest BCUT2D eigenvalue weighted by Gasteiger charge is -2.09. The Morgan fingerprint density at radius 1 is 1.00 bits per heavy atom. The average molecular weight is 312 g/mol. The summed E-state index contributed by atoms with van der Waals surface area (Å²) in [7, 11) is 0. The fraction of sp³-hybridized carbons (Fsp3) is 0.200. The van der Waals surface area contributed by atoms with E-state index in [1.54, 1.807) is 13.0 Å². The number of halogens is 3. The highest BCUT2D eigenvalue weighted by atomic mass is 19.1. The van der Waals surface area contributed by atoms with Crippen molar-refractivity contribution in [3.05, 3.63) is 63.5 Å². The number of hydrogen-bond donors (Lipinski definition) is 1. The maximum absolute atomic E-state index is 13.7. The van der Waals surface area contributed by atoms with E-state index in [9.17, 15) is 23.3 Å². The number of nitro groups is 1. The minimum atomic E-state index is -1.33. The summed E-state index contributed by atoms with van der Waals surface area (Å²) in [5, 5.41) is 13.1. The number of anilines is 2. The predicted octanol–water partition coefficient (Wildman–Crippen LogP) is 5.09. The summed E-state index contributed by atoms with van der Waals surface area (Å²) in [6.45, 7) is 5.66. The highest BCUT2D eigenvalue weighted by Crippen LogP contribution is 2.32. The van der Waals surface area contributed by atoms with E-state index < -0.39 is 33.7 Å². The standard InChI is InChI=1S/C13H9F3N2O2.C2H6/c1-7-2-3-11(9(15)4-7)17-12-6-8(14)5-10(16)13(12)18(19)20;1-2/h2-6,17H,1H3;1-2H3. The van der Waals surface area contributed by atoms with Gasteiger partial charge in [0, 0.05) is 12.1 Å². The summed E-state index contributed by atoms with van der Waals surface area (Å²) in [6.07, 6.45) is 0. The monoisotopic (exact) mass is 312 g/mol. The van der Waals surface area contributed by atoms with E-state index in [0.717, 1.165) is 6.07 Å². The number of rotatable bonds is 3. The predicted molar refractivity (Wildman–Crippen MR) is 78.8 cm³/mol. The van der Waals surface area contributed by atoms with Crippen molar-refractivity contribution < 1.29 is 18.1 Å². The van der Waals surface area contributed by atoms with Crippen molar-refractivity contribution in [3.8, 4) is 0 Å². The van der Waals surface area contributed by atoms with Gasteiger partial charge in [0.05, 0.1) is 10.6 Å². The Morgan fingerprint density at radius 2 is 1.64 bits per heavy atom. The van der Waals surface area contributed by atoms with E-state index in [1.165, 1.54) is 12.1 Å². The molecule has 4 nitrogen and oxygen atoms in total. The second-order valence-corrected chi connectivity index (χ2v) is 4.15. The zero-order chi connectivity index (χ0) is 16.9. The number of hydrogen-bond acceptors (Lipinski definition) is 3. The molecule has 0 aliphatic carbocycles. The van der Waals surface area contributed by atoms with Gasteiger partial charge < -0.3 is 5.32 Å². The molecule has 118 valence electrons. The topological polar surface area (TPSA) is 55.2 Å². The number of nitrogens with one attached hydrogen (secondary N) is 1. The average Bonchev–Trinajstić information content (AvgIpc) is 2.43. The van der Waals surface area contributed by atoms with E-state index in [4.69, 9.17) is 0 Å². The normalized spacial score (nSPS) is 9.73. The van der Waals surface area contributed by atoms with Crippen molar-refractivity contribution in [2.75, 3.05) is 5.32 Å². The van der Waals surface area contributed by atoms with E-state index in [1.807, 2.05) is 13.8 Å². The van der Waals surface area contributed by atoms with Gasteiger partial charge in [-0.3, -0.25) is 10.1 Å². The third-order valence-corrected chi connectivity index (χ3v) is 2.60. The molecular formula is C15H15F3N2O2. The third kappa shape index (κ3) is 3.97. The molecule has 0 bridgehead atoms. The molecular weight excluding hydrogens is 297 g/mol. The van der Waals surface area contributed by atoms with Crippen LogP contribution in [0.2, 0.25) is 0 Å². The first-order valence-corrected chi connectivity index (χ1v) is 6.55. The molecule has 2 rings (SSSR count). The first-order valence-electron chi connectivity index (χ1n) is 6.55. The van der Waals surface area contributed by atoms with E-state index >= 15 is 0 Å². The van der Waals surface area contributed by atoms with Crippen LogP contribution in [0.3, 0.4) is 0 Å². The van der Waals surface area contributed by atoms with Crippen molar-refractivity contribution in [2.45, 2.75) is 20.8 Å². The van der Waals surface area contributed by atoms with Crippen LogP contribution in [-0.2, 0) is 0 Å². The van der Waals surface area contributed by atoms with Crippen molar-refractivity contribution in [1.29, 1.82) is 0 Å². The van der Waals surface area contributed by atoms with Crippen LogP contribution in [0.25, 0.3) is 0 Å². The summed E-state index contributed by atoms with van der Waals surface area (Å²) in [4.78, 5) is 9.80. The van der Waals surface area contributed by atoms with Crippen LogP contribution in [0, 0.1) is 34.5 Å². The summed E-state index contributed by atoms with van der Waals surface area (Å²) >= 11 is 0. The van der Waals surface area contributed by atoms with E-state index in [-0.39, 0.29) is 5.69 Å². The summed E-state index contributed by atoms with van der Waals surface area (Å²) in [6, 6.07) is 5.23. The van der Waals surface area contributed by atoms with Gasteiger partial charge in [0.15, 0.2) is 0 Å². The van der Waals surface area contributed by atoms with Gasteiger partial charge in [-0.2, -0.15) is 4.39 Å². The number of nitro benzene ring substituents is 1. The Bertz CT molecular complexity index is 691. The second-order valence-electron chi connectivity index (χ2n) is 4.15. The smallest absolute Gasteiger partial charge is 0.328 e.